The molecule has 0 saturated heterocycles. The van der Waals surface area contributed by atoms with Gasteiger partial charge in [0.05, 0.1) is 23.3 Å². The van der Waals surface area contributed by atoms with Crippen LogP contribution in [0.3, 0.4) is 0 Å². The summed E-state index contributed by atoms with van der Waals surface area (Å²) in [4.78, 5) is 36.6. The highest BCUT2D eigenvalue weighted by atomic mass is 16.6. The van der Waals surface area contributed by atoms with E-state index < -0.39 is 28.7 Å². The SMILES string of the molecule is C=CCCCCCCO[C@H](C)C(=O)Oc1cc([N+](=O)[O-])c(C(=O)Oc2ccc(OCCCC3CCC(CCCCC)CC3)cc2)cc1N. The topological polar surface area (TPSA) is 140 Å². The molecule has 0 aliphatic heterocycles. The summed E-state index contributed by atoms with van der Waals surface area (Å²) in [6.07, 6.45) is 18.7. The molecule has 0 aromatic heterocycles. The molecule has 10 nitrogen and oxygen atoms in total. The van der Waals surface area contributed by atoms with Crippen LogP contribution in [0.25, 0.3) is 0 Å². The third-order valence-electron chi connectivity index (χ3n) is 9.00. The standard InChI is InChI=1S/C38H54N2O8/c1-4-6-8-9-10-12-24-45-28(3)37(41)48-36-27-35(40(43)44)33(26-34(36)39)38(42)47-32-22-20-31(21-23-32)46-25-13-15-30-18-16-29(17-19-30)14-11-7-5-2/h4,20-23,26-30H,1,5-19,24-25,39H2,2-3H3/t28-,29?,30?/m1/s1. The summed E-state index contributed by atoms with van der Waals surface area (Å²) >= 11 is 0. The number of nitro benzene ring substituents is 1. The van der Waals surface area contributed by atoms with E-state index in [9.17, 15) is 19.7 Å². The fraction of sp³-hybridized carbons (Fsp3) is 0.579. The Kier molecular flexibility index (Phi) is 17.0. The minimum absolute atomic E-state index is 0.126. The van der Waals surface area contributed by atoms with Crippen molar-refractivity contribution in [2.75, 3.05) is 18.9 Å². The summed E-state index contributed by atoms with van der Waals surface area (Å²) in [5.74, 6) is 0.587. The smallest absolute Gasteiger partial charge is 0.350 e. The third kappa shape index (κ3) is 13.3. The molecule has 2 aromatic rings. The molecule has 10 heteroatoms. The number of nitro groups is 1. The number of unbranched alkanes of at least 4 members (excludes halogenated alkanes) is 6. The first-order valence-electron chi connectivity index (χ1n) is 17.7. The summed E-state index contributed by atoms with van der Waals surface area (Å²) in [5.41, 5.74) is 4.94. The summed E-state index contributed by atoms with van der Waals surface area (Å²) < 4.78 is 22.2. The van der Waals surface area contributed by atoms with Crippen molar-refractivity contribution >= 4 is 23.3 Å². The second-order valence-electron chi connectivity index (χ2n) is 12.8. The van der Waals surface area contributed by atoms with E-state index in [0.717, 1.165) is 62.5 Å². The zero-order valence-corrected chi connectivity index (χ0v) is 28.8. The molecule has 1 aliphatic carbocycles. The predicted octanol–water partition coefficient (Wildman–Crippen LogP) is 9.39. The van der Waals surface area contributed by atoms with Gasteiger partial charge in [-0.05, 0) is 81.2 Å². The van der Waals surface area contributed by atoms with E-state index in [0.29, 0.717) is 19.0 Å². The average molecular weight is 667 g/mol. The highest BCUT2D eigenvalue weighted by Crippen LogP contribution is 2.35. The Hall–Kier alpha value is -3.92. The molecule has 0 amide bonds. The Balaban J connectivity index is 1.45. The average Bonchev–Trinajstić information content (AvgIpc) is 3.08. The van der Waals surface area contributed by atoms with Crippen LogP contribution in [-0.2, 0) is 9.53 Å². The molecule has 0 heterocycles. The van der Waals surface area contributed by atoms with E-state index >= 15 is 0 Å². The molecule has 3 rings (SSSR count). The van der Waals surface area contributed by atoms with Gasteiger partial charge in [0.25, 0.3) is 5.69 Å². The van der Waals surface area contributed by atoms with Gasteiger partial charge in [-0.25, -0.2) is 9.59 Å². The van der Waals surface area contributed by atoms with E-state index in [1.165, 1.54) is 64.7 Å². The first-order valence-corrected chi connectivity index (χ1v) is 17.7. The van der Waals surface area contributed by atoms with Gasteiger partial charge in [-0.1, -0.05) is 77.2 Å². The number of carbonyl (C=O) groups is 2. The number of nitrogen functional groups attached to an aromatic ring is 1. The Morgan fingerprint density at radius 2 is 1.56 bits per heavy atom. The molecule has 1 aliphatic rings. The van der Waals surface area contributed by atoms with Crippen molar-refractivity contribution < 1.29 is 33.5 Å². The van der Waals surface area contributed by atoms with Crippen LogP contribution >= 0.6 is 0 Å². The molecule has 264 valence electrons. The molecule has 2 N–H and O–H groups in total. The lowest BCUT2D eigenvalue weighted by molar-refractivity contribution is -0.385. The van der Waals surface area contributed by atoms with Crippen molar-refractivity contribution in [3.05, 3.63) is 64.7 Å². The monoisotopic (exact) mass is 666 g/mol. The van der Waals surface area contributed by atoms with Gasteiger partial charge in [0, 0.05) is 6.61 Å². The molecule has 0 spiro atoms. The summed E-state index contributed by atoms with van der Waals surface area (Å²) in [6.45, 7) is 8.48. The molecule has 0 radical (unpaired) electrons. The van der Waals surface area contributed by atoms with Gasteiger partial charge in [0.15, 0.2) is 11.9 Å². The second kappa shape index (κ2) is 21.1. The van der Waals surface area contributed by atoms with Gasteiger partial charge < -0.3 is 24.7 Å². The van der Waals surface area contributed by atoms with Crippen LogP contribution in [0, 0.1) is 22.0 Å². The fourth-order valence-electron chi connectivity index (χ4n) is 6.07. The van der Waals surface area contributed by atoms with Crippen molar-refractivity contribution in [3.8, 4) is 17.2 Å². The Bertz CT molecular complexity index is 1300. The van der Waals surface area contributed by atoms with Crippen LogP contribution in [0.5, 0.6) is 17.2 Å². The number of hydrogen-bond donors (Lipinski definition) is 1. The molecule has 0 bridgehead atoms. The maximum atomic E-state index is 12.9. The number of nitrogens with zero attached hydrogens (tertiary/aromatic N) is 1. The Labute approximate surface area is 285 Å². The van der Waals surface area contributed by atoms with Crippen LogP contribution in [0.15, 0.2) is 49.1 Å². The number of anilines is 1. The summed E-state index contributed by atoms with van der Waals surface area (Å²) in [7, 11) is 0. The van der Waals surface area contributed by atoms with Gasteiger partial charge in [0.1, 0.15) is 17.1 Å². The molecule has 1 fully saturated rings. The van der Waals surface area contributed by atoms with E-state index in [2.05, 4.69) is 13.5 Å². The normalized spacial score (nSPS) is 16.5. The van der Waals surface area contributed by atoms with Crippen LogP contribution < -0.4 is 19.9 Å². The third-order valence-corrected chi connectivity index (χ3v) is 9.00. The number of hydrogen-bond acceptors (Lipinski definition) is 9. The van der Waals surface area contributed by atoms with Crippen LogP contribution in [0.1, 0.15) is 121 Å². The predicted molar refractivity (Wildman–Crippen MR) is 188 cm³/mol. The summed E-state index contributed by atoms with van der Waals surface area (Å²) in [6, 6.07) is 8.56. The van der Waals surface area contributed by atoms with E-state index in [1.807, 2.05) is 6.08 Å². The number of benzene rings is 2. The Morgan fingerprint density at radius 3 is 2.21 bits per heavy atom. The van der Waals surface area contributed by atoms with Crippen molar-refractivity contribution in [2.24, 2.45) is 11.8 Å². The first kappa shape index (κ1) is 38.5. The largest absolute Gasteiger partial charge is 0.494 e. The molecule has 48 heavy (non-hydrogen) atoms. The first-order chi connectivity index (χ1) is 23.2. The maximum absolute atomic E-state index is 12.9. The van der Waals surface area contributed by atoms with E-state index in [1.54, 1.807) is 24.3 Å². The lowest BCUT2D eigenvalue weighted by atomic mass is 9.78. The lowest BCUT2D eigenvalue weighted by Gasteiger charge is -2.28. The Morgan fingerprint density at radius 1 is 0.917 bits per heavy atom. The molecular formula is C38H54N2O8. The highest BCUT2D eigenvalue weighted by molar-refractivity contribution is 5.97. The number of ether oxygens (including phenoxy) is 4. The van der Waals surface area contributed by atoms with Crippen molar-refractivity contribution in [1.82, 2.24) is 0 Å². The zero-order valence-electron chi connectivity index (χ0n) is 28.8. The van der Waals surface area contributed by atoms with Gasteiger partial charge in [-0.2, -0.15) is 0 Å². The van der Waals surface area contributed by atoms with Gasteiger partial charge in [-0.3, -0.25) is 10.1 Å². The summed E-state index contributed by atoms with van der Waals surface area (Å²) in [5, 5.41) is 11.8. The highest BCUT2D eigenvalue weighted by Gasteiger charge is 2.27. The number of allylic oxidation sites excluding steroid dienone is 1. The van der Waals surface area contributed by atoms with Crippen LogP contribution in [-0.4, -0.2) is 36.2 Å². The number of rotatable bonds is 22. The van der Waals surface area contributed by atoms with Crippen molar-refractivity contribution in [3.63, 3.8) is 0 Å². The molecule has 1 saturated carbocycles. The van der Waals surface area contributed by atoms with E-state index in [4.69, 9.17) is 24.7 Å². The van der Waals surface area contributed by atoms with Crippen molar-refractivity contribution in [2.45, 2.75) is 116 Å². The van der Waals surface area contributed by atoms with Gasteiger partial charge in [0.2, 0.25) is 0 Å². The zero-order chi connectivity index (χ0) is 34.7. The fourth-order valence-corrected chi connectivity index (χ4v) is 6.07. The lowest BCUT2D eigenvalue weighted by Crippen LogP contribution is -2.26. The number of carbonyl (C=O) groups excluding carboxylic acids is 2. The van der Waals surface area contributed by atoms with Gasteiger partial charge >= 0.3 is 11.9 Å². The number of esters is 2. The van der Waals surface area contributed by atoms with Crippen molar-refractivity contribution in [1.29, 1.82) is 0 Å². The van der Waals surface area contributed by atoms with E-state index in [-0.39, 0.29) is 22.7 Å². The van der Waals surface area contributed by atoms with Crippen LogP contribution in [0.2, 0.25) is 0 Å². The number of nitrogens with two attached hydrogens (primary N) is 1. The second-order valence-corrected chi connectivity index (χ2v) is 12.8. The molecule has 2 aromatic carbocycles. The quantitative estimate of drug-likeness (QED) is 0.0247. The van der Waals surface area contributed by atoms with Crippen LogP contribution in [0.4, 0.5) is 11.4 Å². The minimum atomic E-state index is -0.968. The molecular weight excluding hydrogens is 612 g/mol. The minimum Gasteiger partial charge on any atom is -0.494 e. The molecule has 0 unspecified atom stereocenters. The molecule has 1 atom stereocenters. The van der Waals surface area contributed by atoms with Gasteiger partial charge in [-0.15, -0.1) is 6.58 Å². The maximum Gasteiger partial charge on any atom is 0.350 e.